The highest BCUT2D eigenvalue weighted by Crippen LogP contribution is 2.68. The number of Topliss-reactive ketones (excluding diaryl/α,β-unsaturated/α-hetero) is 1. The van der Waals surface area contributed by atoms with E-state index >= 15 is 0 Å². The summed E-state index contributed by atoms with van der Waals surface area (Å²) < 4.78 is 6.41. The van der Waals surface area contributed by atoms with Crippen molar-refractivity contribution in [1.29, 1.82) is 0 Å². The number of carbonyl (C=O) groups excluding carboxylic acids is 2. The highest BCUT2D eigenvalue weighted by Gasteiger charge is 2.68. The van der Waals surface area contributed by atoms with Crippen molar-refractivity contribution in [1.82, 2.24) is 10.2 Å². The van der Waals surface area contributed by atoms with Gasteiger partial charge in [-0.1, -0.05) is 45.9 Å². The molecule has 8 atom stereocenters. The van der Waals surface area contributed by atoms with Crippen LogP contribution in [0.4, 0.5) is 0 Å². The van der Waals surface area contributed by atoms with Crippen LogP contribution in [0.15, 0.2) is 41.8 Å². The molecule has 4 aliphatic rings. The van der Waals surface area contributed by atoms with Crippen molar-refractivity contribution in [2.24, 2.45) is 34.0 Å². The zero-order chi connectivity index (χ0) is 28.7. The summed E-state index contributed by atoms with van der Waals surface area (Å²) in [7, 11) is 0. The zero-order valence-electron chi connectivity index (χ0n) is 24.8. The van der Waals surface area contributed by atoms with E-state index in [1.165, 1.54) is 17.3 Å². The number of benzene rings is 1. The van der Waals surface area contributed by atoms with Crippen molar-refractivity contribution in [2.45, 2.75) is 83.4 Å². The van der Waals surface area contributed by atoms with Gasteiger partial charge in [-0.05, 0) is 60.6 Å². The lowest BCUT2D eigenvalue weighted by atomic mass is 9.44. The number of aliphatic hydroxyl groups excluding tert-OH is 1. The van der Waals surface area contributed by atoms with Gasteiger partial charge in [-0.3, -0.25) is 14.5 Å². The molecule has 0 spiro atoms. The monoisotopic (exact) mass is 568 g/mol. The Kier molecular flexibility index (Phi) is 8.60. The molecular weight excluding hydrogens is 520 g/mol. The average Bonchev–Trinajstić information content (AvgIpc) is 3.31. The molecule has 7 heteroatoms. The Morgan fingerprint density at radius 2 is 2.00 bits per heavy atom. The van der Waals surface area contributed by atoms with E-state index in [4.69, 9.17) is 4.74 Å². The van der Waals surface area contributed by atoms with Gasteiger partial charge in [0, 0.05) is 60.8 Å². The molecule has 1 saturated heterocycles. The molecule has 0 aromatic heterocycles. The molecule has 6 nitrogen and oxygen atoms in total. The van der Waals surface area contributed by atoms with Gasteiger partial charge in [0.1, 0.15) is 11.9 Å². The fourth-order valence-electron chi connectivity index (χ4n) is 8.70. The van der Waals surface area contributed by atoms with E-state index in [1.54, 1.807) is 0 Å². The lowest BCUT2D eigenvalue weighted by Gasteiger charge is -2.61. The SMILES string of the molecule is C=C[C@]1(C)C[C@@H](OC(=O)CSc2cccc(CN3CCNCC3)c2)[C@]2(C)C(C)CCC3(CCC(=O)C32)[C@@H](C)[C@@H]1O. The molecule has 3 unspecified atom stereocenters. The van der Waals surface area contributed by atoms with Gasteiger partial charge >= 0.3 is 5.97 Å². The molecule has 3 saturated carbocycles. The van der Waals surface area contributed by atoms with Gasteiger partial charge in [0.15, 0.2) is 0 Å². The fraction of sp³-hybridized carbons (Fsp3) is 0.697. The minimum Gasteiger partial charge on any atom is -0.461 e. The lowest BCUT2D eigenvalue weighted by molar-refractivity contribution is -0.205. The molecule has 2 N–H and O–H groups in total. The number of hydrogen-bond acceptors (Lipinski definition) is 7. The third-order valence-electron chi connectivity index (χ3n) is 11.4. The molecule has 220 valence electrons. The molecule has 1 aromatic rings. The minimum atomic E-state index is -0.648. The number of rotatable bonds is 7. The van der Waals surface area contributed by atoms with Gasteiger partial charge < -0.3 is 15.2 Å². The van der Waals surface area contributed by atoms with Crippen LogP contribution in [-0.4, -0.2) is 65.9 Å². The van der Waals surface area contributed by atoms with E-state index in [9.17, 15) is 14.7 Å². The Labute approximate surface area is 244 Å². The molecule has 0 amide bonds. The Morgan fingerprint density at radius 3 is 2.73 bits per heavy atom. The first kappa shape index (κ1) is 29.8. The van der Waals surface area contributed by atoms with Crippen molar-refractivity contribution in [3.05, 3.63) is 42.5 Å². The number of ether oxygens (including phenoxy) is 1. The smallest absolute Gasteiger partial charge is 0.316 e. The van der Waals surface area contributed by atoms with Crippen LogP contribution in [0.3, 0.4) is 0 Å². The molecule has 1 heterocycles. The number of ketones is 1. The number of piperazine rings is 1. The summed E-state index contributed by atoms with van der Waals surface area (Å²) in [6, 6.07) is 8.45. The molecule has 1 aromatic carbocycles. The second kappa shape index (κ2) is 11.5. The number of hydrogen-bond donors (Lipinski definition) is 2. The maximum atomic E-state index is 13.6. The van der Waals surface area contributed by atoms with Crippen LogP contribution in [0.1, 0.15) is 65.4 Å². The topological polar surface area (TPSA) is 78.9 Å². The molecule has 0 radical (unpaired) electrons. The Bertz CT molecular complexity index is 1120. The summed E-state index contributed by atoms with van der Waals surface area (Å²) in [6.45, 7) is 17.7. The van der Waals surface area contributed by atoms with E-state index in [0.29, 0.717) is 12.8 Å². The first-order valence-electron chi connectivity index (χ1n) is 15.2. The van der Waals surface area contributed by atoms with Crippen molar-refractivity contribution in [3.8, 4) is 0 Å². The third kappa shape index (κ3) is 5.21. The van der Waals surface area contributed by atoms with Crippen LogP contribution in [0, 0.1) is 34.0 Å². The van der Waals surface area contributed by atoms with E-state index in [1.807, 2.05) is 13.0 Å². The first-order chi connectivity index (χ1) is 19.0. The van der Waals surface area contributed by atoms with Crippen molar-refractivity contribution < 1.29 is 19.4 Å². The van der Waals surface area contributed by atoms with Crippen LogP contribution >= 0.6 is 11.8 Å². The second-order valence-electron chi connectivity index (χ2n) is 13.5. The van der Waals surface area contributed by atoms with Gasteiger partial charge in [0.25, 0.3) is 0 Å². The number of carbonyl (C=O) groups is 2. The first-order valence-corrected chi connectivity index (χ1v) is 16.2. The quantitative estimate of drug-likeness (QED) is 0.270. The summed E-state index contributed by atoms with van der Waals surface area (Å²) >= 11 is 1.51. The van der Waals surface area contributed by atoms with Crippen molar-refractivity contribution in [3.63, 3.8) is 0 Å². The van der Waals surface area contributed by atoms with Gasteiger partial charge in [-0.25, -0.2) is 0 Å². The summed E-state index contributed by atoms with van der Waals surface area (Å²) in [5.74, 6) is 0.246. The Morgan fingerprint density at radius 1 is 1.25 bits per heavy atom. The van der Waals surface area contributed by atoms with E-state index in [2.05, 4.69) is 61.8 Å². The summed E-state index contributed by atoms with van der Waals surface area (Å²) in [5, 5.41) is 15.1. The molecule has 40 heavy (non-hydrogen) atoms. The van der Waals surface area contributed by atoms with Gasteiger partial charge in [0.2, 0.25) is 0 Å². The normalized spacial score (nSPS) is 40.1. The maximum absolute atomic E-state index is 13.6. The molecule has 3 aliphatic carbocycles. The predicted molar refractivity (Wildman–Crippen MR) is 160 cm³/mol. The lowest BCUT2D eigenvalue weighted by Crippen LogP contribution is -2.63. The third-order valence-corrected chi connectivity index (χ3v) is 12.4. The minimum absolute atomic E-state index is 0.0283. The Balaban J connectivity index is 1.35. The highest BCUT2D eigenvalue weighted by molar-refractivity contribution is 8.00. The fourth-order valence-corrected chi connectivity index (χ4v) is 9.46. The van der Waals surface area contributed by atoms with Gasteiger partial charge in [-0.15, -0.1) is 18.3 Å². The zero-order valence-corrected chi connectivity index (χ0v) is 25.6. The molecular formula is C33H48N2O4S. The van der Waals surface area contributed by atoms with Crippen LogP contribution in [-0.2, 0) is 20.9 Å². The number of aliphatic hydroxyl groups is 1. The molecule has 1 aliphatic heterocycles. The maximum Gasteiger partial charge on any atom is 0.316 e. The summed E-state index contributed by atoms with van der Waals surface area (Å²) in [6.07, 6.45) is 4.49. The Hall–Kier alpha value is -1.67. The predicted octanol–water partition coefficient (Wildman–Crippen LogP) is 5.09. The van der Waals surface area contributed by atoms with E-state index in [0.717, 1.165) is 56.9 Å². The van der Waals surface area contributed by atoms with Gasteiger partial charge in [-0.2, -0.15) is 0 Å². The number of thioether (sulfide) groups is 1. The average molecular weight is 569 g/mol. The second-order valence-corrected chi connectivity index (χ2v) is 14.6. The number of esters is 1. The number of nitrogens with zero attached hydrogens (tertiary/aromatic N) is 1. The van der Waals surface area contributed by atoms with Crippen LogP contribution in [0.2, 0.25) is 0 Å². The van der Waals surface area contributed by atoms with Crippen LogP contribution in [0.5, 0.6) is 0 Å². The summed E-state index contributed by atoms with van der Waals surface area (Å²) in [5.41, 5.74) is -0.0943. The standard InChI is InChI=1S/C33H48N2O4S/c1-6-31(4)19-27(32(5)22(2)10-12-33(23(3)30(31)38)13-11-26(36)29(32)33)39-28(37)21-40-25-9-7-8-24(18-25)20-35-16-14-34-15-17-35/h6-9,18,22-23,27,29-30,34,38H,1,10-17,19-21H2,2-5H3/t22?,23-,27+,29?,30-,31+,32-,33?/m0/s1. The molecule has 2 bridgehead atoms. The highest BCUT2D eigenvalue weighted by atomic mass is 32.2. The van der Waals surface area contributed by atoms with Crippen molar-refractivity contribution >= 4 is 23.5 Å². The largest absolute Gasteiger partial charge is 0.461 e. The number of nitrogens with one attached hydrogen (secondary N) is 1. The van der Waals surface area contributed by atoms with E-state index in [-0.39, 0.29) is 40.7 Å². The van der Waals surface area contributed by atoms with Gasteiger partial charge in [0.05, 0.1) is 11.9 Å². The van der Waals surface area contributed by atoms with Crippen LogP contribution < -0.4 is 5.32 Å². The molecule has 4 fully saturated rings. The summed E-state index contributed by atoms with van der Waals surface area (Å²) in [4.78, 5) is 30.6. The molecule has 5 rings (SSSR count). The van der Waals surface area contributed by atoms with E-state index < -0.39 is 23.0 Å². The van der Waals surface area contributed by atoms with Crippen molar-refractivity contribution in [2.75, 3.05) is 31.9 Å². The van der Waals surface area contributed by atoms with Crippen LogP contribution in [0.25, 0.3) is 0 Å².